The third-order valence-corrected chi connectivity index (χ3v) is 9.05. The third-order valence-electron chi connectivity index (χ3n) is 8.70. The highest BCUT2D eigenvalue weighted by Gasteiger charge is 2.59. The number of nitrogens with one attached hydrogen (secondary N) is 1. The van der Waals surface area contributed by atoms with Gasteiger partial charge in [0, 0.05) is 23.2 Å². The molecule has 178 valence electrons. The van der Waals surface area contributed by atoms with Crippen molar-refractivity contribution < 1.29 is 9.13 Å². The first-order valence-electron chi connectivity index (χ1n) is 12.6. The van der Waals surface area contributed by atoms with Crippen molar-refractivity contribution in [3.05, 3.63) is 76.6 Å². The van der Waals surface area contributed by atoms with Crippen LogP contribution in [0.5, 0.6) is 5.75 Å². The topological polar surface area (TPSA) is 21.3 Å². The lowest BCUT2D eigenvalue weighted by Gasteiger charge is -2.65. The van der Waals surface area contributed by atoms with Gasteiger partial charge in [-0.05, 0) is 84.2 Å². The van der Waals surface area contributed by atoms with Gasteiger partial charge in [-0.1, -0.05) is 61.8 Å². The Kier molecular flexibility index (Phi) is 5.24. The normalized spacial score (nSPS) is 31.8. The van der Waals surface area contributed by atoms with Gasteiger partial charge < -0.3 is 10.1 Å². The Hall–Kier alpha value is -2.10. The second kappa shape index (κ2) is 7.96. The third kappa shape index (κ3) is 3.91. The zero-order valence-corrected chi connectivity index (χ0v) is 20.9. The van der Waals surface area contributed by atoms with Crippen LogP contribution in [0, 0.1) is 22.6 Å². The molecule has 34 heavy (non-hydrogen) atoms. The van der Waals surface area contributed by atoms with Gasteiger partial charge in [-0.2, -0.15) is 0 Å². The van der Waals surface area contributed by atoms with Crippen molar-refractivity contribution in [3.8, 4) is 5.75 Å². The molecule has 0 radical (unpaired) electrons. The molecule has 0 spiro atoms. The van der Waals surface area contributed by atoms with Crippen molar-refractivity contribution in [2.24, 2.45) is 16.7 Å². The first kappa shape index (κ1) is 22.4. The molecule has 4 heteroatoms. The van der Waals surface area contributed by atoms with E-state index in [-0.39, 0.29) is 18.0 Å². The molecule has 0 amide bonds. The molecular weight excluding hydrogens is 445 g/mol. The van der Waals surface area contributed by atoms with Crippen LogP contribution in [0.2, 0.25) is 5.02 Å². The van der Waals surface area contributed by atoms with Gasteiger partial charge in [-0.15, -0.1) is 0 Å². The number of hydrogen-bond acceptors (Lipinski definition) is 2. The molecule has 0 aromatic heterocycles. The number of hydrogen-bond donors (Lipinski definition) is 1. The molecule has 2 unspecified atom stereocenters. The van der Waals surface area contributed by atoms with Crippen molar-refractivity contribution >= 4 is 22.4 Å². The highest BCUT2D eigenvalue weighted by molar-refractivity contribution is 6.31. The highest BCUT2D eigenvalue weighted by Crippen LogP contribution is 2.66. The van der Waals surface area contributed by atoms with Gasteiger partial charge in [-0.3, -0.25) is 0 Å². The Morgan fingerprint density at radius 3 is 2.41 bits per heavy atom. The summed E-state index contributed by atoms with van der Waals surface area (Å²) in [5, 5.41) is 6.85. The van der Waals surface area contributed by atoms with Crippen molar-refractivity contribution in [1.82, 2.24) is 5.32 Å². The summed E-state index contributed by atoms with van der Waals surface area (Å²) in [5.74, 6) is 1.31. The summed E-state index contributed by atoms with van der Waals surface area (Å²) in [4.78, 5) is 0. The average Bonchev–Trinajstić information content (AvgIpc) is 2.75. The molecule has 1 N–H and O–H groups in total. The van der Waals surface area contributed by atoms with E-state index < -0.39 is 0 Å². The lowest BCUT2D eigenvalue weighted by Crippen LogP contribution is -2.63. The molecular formula is C30H33ClFNO. The summed E-state index contributed by atoms with van der Waals surface area (Å²) in [6, 6.07) is 17.3. The van der Waals surface area contributed by atoms with Crippen molar-refractivity contribution in [2.75, 3.05) is 0 Å². The Morgan fingerprint density at radius 2 is 1.68 bits per heavy atom. The fraction of sp³-hybridized carbons (Fsp3) is 0.467. The van der Waals surface area contributed by atoms with E-state index in [1.54, 1.807) is 12.1 Å². The Bertz CT molecular complexity index is 1220. The van der Waals surface area contributed by atoms with Crippen LogP contribution in [0.15, 0.2) is 54.6 Å². The van der Waals surface area contributed by atoms with E-state index in [1.807, 2.05) is 6.07 Å². The summed E-state index contributed by atoms with van der Waals surface area (Å²) in [7, 11) is 0. The minimum Gasteiger partial charge on any atom is -0.488 e. The molecule has 4 aliphatic rings. The molecule has 3 aromatic carbocycles. The van der Waals surface area contributed by atoms with E-state index in [1.165, 1.54) is 55.4 Å². The van der Waals surface area contributed by atoms with E-state index in [0.29, 0.717) is 21.4 Å². The second-order valence-corrected chi connectivity index (χ2v) is 12.4. The van der Waals surface area contributed by atoms with Crippen LogP contribution in [0.4, 0.5) is 4.39 Å². The fourth-order valence-corrected chi connectivity index (χ4v) is 8.59. The van der Waals surface area contributed by atoms with Crippen LogP contribution in [-0.2, 0) is 13.2 Å². The molecule has 0 saturated heterocycles. The number of rotatable bonds is 6. The number of benzene rings is 3. The predicted molar refractivity (Wildman–Crippen MR) is 137 cm³/mol. The van der Waals surface area contributed by atoms with Crippen molar-refractivity contribution in [1.29, 1.82) is 0 Å². The fourth-order valence-electron chi connectivity index (χ4n) is 8.37. The molecule has 4 aliphatic carbocycles. The first-order valence-corrected chi connectivity index (χ1v) is 12.9. The van der Waals surface area contributed by atoms with Crippen LogP contribution in [0.25, 0.3) is 10.8 Å². The molecule has 3 aromatic rings. The zero-order chi connectivity index (χ0) is 23.6. The average molecular weight is 478 g/mol. The van der Waals surface area contributed by atoms with Gasteiger partial charge in [0.15, 0.2) is 0 Å². The van der Waals surface area contributed by atoms with Gasteiger partial charge in [-0.25, -0.2) is 4.39 Å². The molecule has 4 saturated carbocycles. The standard InChI is InChI=1S/C30H33ClFNO/c1-28-12-20-13-29(2,17-28)19-30(14-20,18-28)33-15-23-22-7-4-3-6-21(22)10-11-27(23)34-16-24-25(31)8-5-9-26(24)32/h3-11,20,33H,12-19H2,1-2H3. The van der Waals surface area contributed by atoms with Crippen LogP contribution < -0.4 is 10.1 Å². The molecule has 2 nitrogen and oxygen atoms in total. The van der Waals surface area contributed by atoms with Gasteiger partial charge in [0.1, 0.15) is 18.2 Å². The highest BCUT2D eigenvalue weighted by atomic mass is 35.5. The molecule has 0 aliphatic heterocycles. The summed E-state index contributed by atoms with van der Waals surface area (Å²) in [6.45, 7) is 5.88. The van der Waals surface area contributed by atoms with Gasteiger partial charge >= 0.3 is 0 Å². The van der Waals surface area contributed by atoms with E-state index in [2.05, 4.69) is 49.5 Å². The van der Waals surface area contributed by atoms with E-state index in [0.717, 1.165) is 23.8 Å². The molecule has 2 atom stereocenters. The zero-order valence-electron chi connectivity index (χ0n) is 20.1. The number of halogens is 2. The number of ether oxygens (including phenoxy) is 1. The summed E-state index contributed by atoms with van der Waals surface area (Å²) < 4.78 is 20.6. The quantitative estimate of drug-likeness (QED) is 0.387. The lowest BCUT2D eigenvalue weighted by atomic mass is 9.43. The number of fused-ring (bicyclic) bond motifs is 1. The molecule has 4 fully saturated rings. The Labute approximate surface area is 206 Å². The van der Waals surface area contributed by atoms with E-state index in [4.69, 9.17) is 16.3 Å². The first-order chi connectivity index (χ1) is 16.3. The largest absolute Gasteiger partial charge is 0.488 e. The maximum Gasteiger partial charge on any atom is 0.131 e. The van der Waals surface area contributed by atoms with Gasteiger partial charge in [0.25, 0.3) is 0 Å². The Morgan fingerprint density at radius 1 is 0.912 bits per heavy atom. The van der Waals surface area contributed by atoms with Crippen LogP contribution in [-0.4, -0.2) is 5.54 Å². The summed E-state index contributed by atoms with van der Waals surface area (Å²) in [5.41, 5.74) is 2.67. The Balaban J connectivity index is 1.31. The van der Waals surface area contributed by atoms with Crippen LogP contribution in [0.3, 0.4) is 0 Å². The maximum atomic E-state index is 14.4. The van der Waals surface area contributed by atoms with Crippen molar-refractivity contribution in [2.45, 2.75) is 71.1 Å². The monoisotopic (exact) mass is 477 g/mol. The SMILES string of the molecule is CC12CC3CC(C)(C1)CC(NCc1c(OCc4c(F)cccc4Cl)ccc4ccccc14)(C3)C2. The minimum absolute atomic E-state index is 0.111. The molecule has 7 rings (SSSR count). The maximum absolute atomic E-state index is 14.4. The molecule has 4 bridgehead atoms. The van der Waals surface area contributed by atoms with E-state index >= 15 is 0 Å². The predicted octanol–water partition coefficient (Wildman–Crippen LogP) is 8.05. The second-order valence-electron chi connectivity index (χ2n) is 12.0. The van der Waals surface area contributed by atoms with Gasteiger partial charge in [0.2, 0.25) is 0 Å². The molecule has 0 heterocycles. The summed E-state index contributed by atoms with van der Waals surface area (Å²) >= 11 is 6.26. The van der Waals surface area contributed by atoms with Crippen LogP contribution >= 0.6 is 11.6 Å². The smallest absolute Gasteiger partial charge is 0.131 e. The van der Waals surface area contributed by atoms with Crippen molar-refractivity contribution in [3.63, 3.8) is 0 Å². The van der Waals surface area contributed by atoms with Crippen LogP contribution in [0.1, 0.15) is 63.5 Å². The minimum atomic E-state index is -0.331. The van der Waals surface area contributed by atoms with Gasteiger partial charge in [0.05, 0.1) is 5.02 Å². The summed E-state index contributed by atoms with van der Waals surface area (Å²) in [6.07, 6.45) is 7.95. The van der Waals surface area contributed by atoms with E-state index in [9.17, 15) is 4.39 Å². The lowest BCUT2D eigenvalue weighted by molar-refractivity contribution is -0.118.